The molecule has 2 rings (SSSR count). The Balaban J connectivity index is 2.16. The second kappa shape index (κ2) is 5.96. The fourth-order valence-corrected chi connectivity index (χ4v) is 2.64. The Bertz CT molecular complexity index is 474. The molecule has 0 radical (unpaired) electrons. The van der Waals surface area contributed by atoms with Crippen LogP contribution in [0.25, 0.3) is 0 Å². The van der Waals surface area contributed by atoms with Gasteiger partial charge in [-0.25, -0.2) is 0 Å². The van der Waals surface area contributed by atoms with Crippen LogP contribution in [0.15, 0.2) is 24.3 Å². The van der Waals surface area contributed by atoms with Gasteiger partial charge in [0, 0.05) is 11.4 Å². The van der Waals surface area contributed by atoms with Crippen molar-refractivity contribution in [1.29, 1.82) is 0 Å². The van der Waals surface area contributed by atoms with Crippen molar-refractivity contribution in [3.05, 3.63) is 34.9 Å². The predicted molar refractivity (Wildman–Crippen MR) is 77.0 cm³/mol. The standard InChI is InChI=1S/C16H19ClO2/c1-4-14-15(19-16(5-2,6-3)18-14)11-12-9-7-8-10-13(12)17/h1,7-10,14-15H,5-6,11H2,2-3H3. The van der Waals surface area contributed by atoms with Gasteiger partial charge in [-0.3, -0.25) is 0 Å². The summed E-state index contributed by atoms with van der Waals surface area (Å²) < 4.78 is 12.0. The molecule has 102 valence electrons. The minimum absolute atomic E-state index is 0.134. The predicted octanol–water partition coefficient (Wildman–Crippen LogP) is 3.82. The van der Waals surface area contributed by atoms with E-state index in [0.717, 1.165) is 23.4 Å². The molecule has 1 saturated heterocycles. The van der Waals surface area contributed by atoms with Gasteiger partial charge >= 0.3 is 0 Å². The summed E-state index contributed by atoms with van der Waals surface area (Å²) in [7, 11) is 0. The lowest BCUT2D eigenvalue weighted by atomic mass is 10.0. The molecule has 2 unspecified atom stereocenters. The van der Waals surface area contributed by atoms with E-state index in [4.69, 9.17) is 27.5 Å². The van der Waals surface area contributed by atoms with Gasteiger partial charge in [0.2, 0.25) is 0 Å². The molecule has 0 saturated carbocycles. The summed E-state index contributed by atoms with van der Waals surface area (Å²) in [5.74, 6) is 2.15. The molecular formula is C16H19ClO2. The normalized spacial score (nSPS) is 25.2. The van der Waals surface area contributed by atoms with Crippen molar-refractivity contribution < 1.29 is 9.47 Å². The summed E-state index contributed by atoms with van der Waals surface area (Å²) >= 11 is 6.18. The van der Waals surface area contributed by atoms with Crippen molar-refractivity contribution in [2.45, 2.75) is 51.1 Å². The summed E-state index contributed by atoms with van der Waals surface area (Å²) in [5.41, 5.74) is 1.04. The Morgan fingerprint density at radius 2 is 1.95 bits per heavy atom. The van der Waals surface area contributed by atoms with E-state index in [-0.39, 0.29) is 12.2 Å². The summed E-state index contributed by atoms with van der Waals surface area (Å²) in [6, 6.07) is 7.76. The smallest absolute Gasteiger partial charge is 0.170 e. The van der Waals surface area contributed by atoms with E-state index in [0.29, 0.717) is 6.42 Å². The van der Waals surface area contributed by atoms with Crippen LogP contribution in [0, 0.1) is 12.3 Å². The first-order valence-electron chi connectivity index (χ1n) is 6.69. The minimum atomic E-state index is -0.539. The molecule has 1 fully saturated rings. The highest BCUT2D eigenvalue weighted by molar-refractivity contribution is 6.31. The lowest BCUT2D eigenvalue weighted by Crippen LogP contribution is -2.29. The lowest BCUT2D eigenvalue weighted by Gasteiger charge is -2.24. The van der Waals surface area contributed by atoms with E-state index in [2.05, 4.69) is 19.8 Å². The van der Waals surface area contributed by atoms with Gasteiger partial charge in [-0.15, -0.1) is 6.42 Å². The van der Waals surface area contributed by atoms with Crippen molar-refractivity contribution in [2.75, 3.05) is 0 Å². The van der Waals surface area contributed by atoms with E-state index in [1.54, 1.807) is 0 Å². The van der Waals surface area contributed by atoms with Crippen LogP contribution >= 0.6 is 11.6 Å². The summed E-state index contributed by atoms with van der Waals surface area (Å²) in [5, 5.41) is 0.743. The highest BCUT2D eigenvalue weighted by Gasteiger charge is 2.44. The molecule has 1 heterocycles. The molecule has 2 atom stereocenters. The van der Waals surface area contributed by atoms with Gasteiger partial charge in [0.15, 0.2) is 5.79 Å². The SMILES string of the molecule is C#CC1OC(CC)(CC)OC1Cc1ccccc1Cl. The van der Waals surface area contributed by atoms with Gasteiger partial charge in [-0.05, 0) is 24.5 Å². The van der Waals surface area contributed by atoms with Crippen LogP contribution in [0.4, 0.5) is 0 Å². The van der Waals surface area contributed by atoms with E-state index in [9.17, 15) is 0 Å². The largest absolute Gasteiger partial charge is 0.343 e. The third-order valence-electron chi connectivity index (χ3n) is 3.67. The molecule has 0 spiro atoms. The number of halogens is 1. The van der Waals surface area contributed by atoms with Gasteiger partial charge in [0.05, 0.1) is 0 Å². The molecule has 1 aliphatic rings. The average Bonchev–Trinajstić information content (AvgIpc) is 2.80. The van der Waals surface area contributed by atoms with Gasteiger partial charge in [0.1, 0.15) is 12.2 Å². The number of hydrogen-bond acceptors (Lipinski definition) is 2. The molecule has 0 N–H and O–H groups in total. The highest BCUT2D eigenvalue weighted by atomic mass is 35.5. The Labute approximate surface area is 120 Å². The topological polar surface area (TPSA) is 18.5 Å². The maximum absolute atomic E-state index is 6.18. The number of hydrogen-bond donors (Lipinski definition) is 0. The highest BCUT2D eigenvalue weighted by Crippen LogP contribution is 2.36. The Kier molecular flexibility index (Phi) is 4.52. The molecule has 0 aliphatic carbocycles. The molecular weight excluding hydrogens is 260 g/mol. The average molecular weight is 279 g/mol. The quantitative estimate of drug-likeness (QED) is 0.780. The maximum Gasteiger partial charge on any atom is 0.170 e. The van der Waals surface area contributed by atoms with Crippen molar-refractivity contribution in [2.24, 2.45) is 0 Å². The van der Waals surface area contributed by atoms with E-state index in [1.807, 2.05) is 24.3 Å². The maximum atomic E-state index is 6.18. The van der Waals surface area contributed by atoms with E-state index in [1.165, 1.54) is 0 Å². The van der Waals surface area contributed by atoms with E-state index < -0.39 is 5.79 Å². The van der Waals surface area contributed by atoms with E-state index >= 15 is 0 Å². The van der Waals surface area contributed by atoms with Crippen molar-refractivity contribution in [3.63, 3.8) is 0 Å². The zero-order chi connectivity index (χ0) is 13.9. The Morgan fingerprint density at radius 1 is 1.26 bits per heavy atom. The van der Waals surface area contributed by atoms with Crippen molar-refractivity contribution >= 4 is 11.6 Å². The molecule has 1 aromatic carbocycles. The Hall–Kier alpha value is -1.01. The van der Waals surface area contributed by atoms with Crippen LogP contribution in [0.5, 0.6) is 0 Å². The number of terminal acetylenes is 1. The van der Waals surface area contributed by atoms with Gasteiger partial charge < -0.3 is 9.47 Å². The molecule has 1 aliphatic heterocycles. The molecule has 0 aromatic heterocycles. The summed E-state index contributed by atoms with van der Waals surface area (Å²) in [6.07, 6.45) is 7.38. The lowest BCUT2D eigenvalue weighted by molar-refractivity contribution is -0.175. The third-order valence-corrected chi connectivity index (χ3v) is 4.03. The first-order chi connectivity index (χ1) is 9.14. The molecule has 2 nitrogen and oxygen atoms in total. The van der Waals surface area contributed by atoms with Crippen LogP contribution in [0.1, 0.15) is 32.3 Å². The number of benzene rings is 1. The first kappa shape index (κ1) is 14.4. The molecule has 1 aromatic rings. The first-order valence-corrected chi connectivity index (χ1v) is 7.07. The summed E-state index contributed by atoms with van der Waals surface area (Å²) in [4.78, 5) is 0. The van der Waals surface area contributed by atoms with Gasteiger partial charge in [0.25, 0.3) is 0 Å². The number of rotatable bonds is 4. The zero-order valence-electron chi connectivity index (χ0n) is 11.4. The van der Waals surface area contributed by atoms with Crippen LogP contribution in [0.2, 0.25) is 5.02 Å². The number of ether oxygens (including phenoxy) is 2. The fourth-order valence-electron chi connectivity index (χ4n) is 2.43. The van der Waals surface area contributed by atoms with Crippen molar-refractivity contribution in [1.82, 2.24) is 0 Å². The summed E-state index contributed by atoms with van der Waals surface area (Å²) in [6.45, 7) is 4.10. The second-order valence-corrected chi connectivity index (χ2v) is 5.18. The zero-order valence-corrected chi connectivity index (χ0v) is 12.1. The van der Waals surface area contributed by atoms with Crippen LogP contribution in [-0.2, 0) is 15.9 Å². The molecule has 0 amide bonds. The van der Waals surface area contributed by atoms with Crippen molar-refractivity contribution in [3.8, 4) is 12.3 Å². The van der Waals surface area contributed by atoms with Gasteiger partial charge in [-0.2, -0.15) is 0 Å². The molecule has 19 heavy (non-hydrogen) atoms. The fraction of sp³-hybridized carbons (Fsp3) is 0.500. The monoisotopic (exact) mass is 278 g/mol. The van der Waals surface area contributed by atoms with Crippen LogP contribution in [0.3, 0.4) is 0 Å². The third kappa shape index (κ3) is 2.95. The van der Waals surface area contributed by atoms with Gasteiger partial charge in [-0.1, -0.05) is 49.6 Å². The van der Waals surface area contributed by atoms with Crippen LogP contribution in [-0.4, -0.2) is 18.0 Å². The second-order valence-electron chi connectivity index (χ2n) is 4.77. The Morgan fingerprint density at radius 3 is 2.53 bits per heavy atom. The minimum Gasteiger partial charge on any atom is -0.343 e. The van der Waals surface area contributed by atoms with Crippen LogP contribution < -0.4 is 0 Å². The molecule has 0 bridgehead atoms. The molecule has 3 heteroatoms.